The van der Waals surface area contributed by atoms with Gasteiger partial charge in [-0.1, -0.05) is 13.2 Å². The Morgan fingerprint density at radius 1 is 0.821 bits per heavy atom. The maximum atomic E-state index is 14.7. The minimum Gasteiger partial charge on any atom is -0.485 e. The lowest BCUT2D eigenvalue weighted by Crippen LogP contribution is -2.15. The van der Waals surface area contributed by atoms with Crippen molar-refractivity contribution >= 4 is 11.9 Å². The smallest absolute Gasteiger partial charge is 0.330 e. The van der Waals surface area contributed by atoms with Gasteiger partial charge in [0.1, 0.15) is 49.7 Å². The lowest BCUT2D eigenvalue weighted by Gasteiger charge is -2.15. The van der Waals surface area contributed by atoms with Crippen molar-refractivity contribution in [2.45, 2.75) is 0 Å². The van der Waals surface area contributed by atoms with Gasteiger partial charge >= 0.3 is 11.9 Å². The predicted octanol–water partition coefficient (Wildman–Crippen LogP) is 1.92. The normalized spacial score (nSPS) is 9.43. The van der Waals surface area contributed by atoms with Gasteiger partial charge in [-0.3, -0.25) is 0 Å². The number of hydrogen-bond acceptors (Lipinski definition) is 8. The van der Waals surface area contributed by atoms with Gasteiger partial charge in [-0.05, 0) is 0 Å². The molecule has 0 unspecified atom stereocenters. The molecule has 0 atom stereocenters. The van der Waals surface area contributed by atoms with Crippen LogP contribution in [0, 0.1) is 34.3 Å². The van der Waals surface area contributed by atoms with E-state index in [1.54, 1.807) is 0 Å². The highest BCUT2D eigenvalue weighted by Crippen LogP contribution is 2.36. The summed E-state index contributed by atoms with van der Waals surface area (Å²) in [5.74, 6) is -5.79. The number of nitriles is 2. The second-order valence-electron chi connectivity index (χ2n) is 4.70. The molecule has 28 heavy (non-hydrogen) atoms. The molecule has 0 radical (unpaired) electrons. The molecule has 0 aliphatic heterocycles. The first kappa shape index (κ1) is 22.1. The van der Waals surface area contributed by atoms with Gasteiger partial charge in [-0.25, -0.2) is 14.0 Å². The Morgan fingerprint density at radius 2 is 1.21 bits per heavy atom. The van der Waals surface area contributed by atoms with Crippen LogP contribution in [0.1, 0.15) is 11.1 Å². The highest BCUT2D eigenvalue weighted by Gasteiger charge is 2.27. The fourth-order valence-corrected chi connectivity index (χ4v) is 1.81. The summed E-state index contributed by atoms with van der Waals surface area (Å²) >= 11 is 0. The Morgan fingerprint density at radius 3 is 1.54 bits per heavy atom. The molecule has 0 aliphatic rings. The third-order valence-corrected chi connectivity index (χ3v) is 3.00. The first-order valence-corrected chi connectivity index (χ1v) is 7.60. The summed E-state index contributed by atoms with van der Waals surface area (Å²) < 4.78 is 48.3. The van der Waals surface area contributed by atoms with Crippen molar-refractivity contribution in [2.24, 2.45) is 0 Å². The molecule has 10 heteroatoms. The molecule has 0 heterocycles. The van der Waals surface area contributed by atoms with Gasteiger partial charge in [0.25, 0.3) is 0 Å². The van der Waals surface area contributed by atoms with Crippen LogP contribution in [0.5, 0.6) is 11.5 Å². The van der Waals surface area contributed by atoms with E-state index in [1.165, 1.54) is 12.1 Å². The Bertz CT molecular complexity index is 803. The van der Waals surface area contributed by atoms with Crippen molar-refractivity contribution in [3.63, 3.8) is 0 Å². The zero-order valence-corrected chi connectivity index (χ0v) is 14.5. The Kier molecular flexibility index (Phi) is 8.64. The number of halogens is 2. The molecule has 1 aromatic rings. The number of hydrogen-bond donors (Lipinski definition) is 0. The Balaban J connectivity index is 3.06. The van der Waals surface area contributed by atoms with Crippen molar-refractivity contribution in [2.75, 3.05) is 26.4 Å². The molecule has 146 valence electrons. The molecule has 0 spiro atoms. The molecule has 0 N–H and O–H groups in total. The topological polar surface area (TPSA) is 119 Å². The van der Waals surface area contributed by atoms with Crippen LogP contribution in [0.25, 0.3) is 0 Å². The Labute approximate surface area is 158 Å². The molecule has 0 saturated carbocycles. The first-order chi connectivity index (χ1) is 13.4. The third kappa shape index (κ3) is 5.54. The van der Waals surface area contributed by atoms with Gasteiger partial charge < -0.3 is 18.9 Å². The number of ether oxygens (including phenoxy) is 4. The summed E-state index contributed by atoms with van der Waals surface area (Å²) in [6.07, 6.45) is 1.79. The number of rotatable bonds is 10. The number of esters is 2. The van der Waals surface area contributed by atoms with Crippen molar-refractivity contribution < 1.29 is 37.3 Å². The predicted molar refractivity (Wildman–Crippen MR) is 89.1 cm³/mol. The lowest BCUT2D eigenvalue weighted by molar-refractivity contribution is -0.139. The summed E-state index contributed by atoms with van der Waals surface area (Å²) in [4.78, 5) is 21.9. The second-order valence-corrected chi connectivity index (χ2v) is 4.70. The SMILES string of the molecule is C=CC(=O)OCCOc1c(F)c(OCCOC(=O)C=C)c(C#N)c(F)c1C#N. The summed E-state index contributed by atoms with van der Waals surface area (Å²) in [5, 5.41) is 18.1. The van der Waals surface area contributed by atoms with Crippen LogP contribution in [-0.4, -0.2) is 38.4 Å². The largest absolute Gasteiger partial charge is 0.485 e. The molecule has 1 aromatic carbocycles. The molecule has 0 fully saturated rings. The summed E-state index contributed by atoms with van der Waals surface area (Å²) in [5.41, 5.74) is -1.70. The minimum atomic E-state index is -1.34. The zero-order valence-electron chi connectivity index (χ0n) is 14.5. The molecule has 0 bridgehead atoms. The molecule has 0 aromatic heterocycles. The van der Waals surface area contributed by atoms with Crippen LogP contribution >= 0.6 is 0 Å². The zero-order chi connectivity index (χ0) is 21.1. The van der Waals surface area contributed by atoms with Crippen molar-refractivity contribution in [1.82, 2.24) is 0 Å². The van der Waals surface area contributed by atoms with Gasteiger partial charge in [-0.15, -0.1) is 0 Å². The summed E-state index contributed by atoms with van der Waals surface area (Å²) in [6.45, 7) is 4.89. The van der Waals surface area contributed by atoms with Crippen LogP contribution in [0.2, 0.25) is 0 Å². The van der Waals surface area contributed by atoms with Gasteiger partial charge in [-0.2, -0.15) is 14.9 Å². The Hall–Kier alpha value is -3.92. The van der Waals surface area contributed by atoms with Gasteiger partial charge in [0.2, 0.25) is 5.82 Å². The highest BCUT2D eigenvalue weighted by atomic mass is 19.1. The maximum Gasteiger partial charge on any atom is 0.330 e. The minimum absolute atomic E-state index is 0.329. The van der Waals surface area contributed by atoms with E-state index < -0.39 is 59.4 Å². The van der Waals surface area contributed by atoms with Crippen molar-refractivity contribution in [1.29, 1.82) is 10.5 Å². The van der Waals surface area contributed by atoms with Crippen LogP contribution in [-0.2, 0) is 19.1 Å². The van der Waals surface area contributed by atoms with E-state index in [-0.39, 0.29) is 13.2 Å². The second kappa shape index (κ2) is 10.9. The van der Waals surface area contributed by atoms with Crippen LogP contribution in [0.15, 0.2) is 25.3 Å². The van der Waals surface area contributed by atoms with Crippen molar-refractivity contribution in [3.8, 4) is 23.6 Å². The van der Waals surface area contributed by atoms with E-state index in [0.717, 1.165) is 12.2 Å². The number of carbonyl (C=O) groups is 2. The van der Waals surface area contributed by atoms with Crippen LogP contribution in [0.3, 0.4) is 0 Å². The highest BCUT2D eigenvalue weighted by molar-refractivity contribution is 5.81. The molecular weight excluding hydrogens is 378 g/mol. The molecule has 1 rings (SSSR count). The number of benzene rings is 1. The summed E-state index contributed by atoms with van der Waals surface area (Å²) in [7, 11) is 0. The number of carbonyl (C=O) groups excluding carboxylic acids is 2. The molecule has 0 aliphatic carbocycles. The molecular formula is C18H14F2N2O6. The van der Waals surface area contributed by atoms with Crippen LogP contribution in [0.4, 0.5) is 8.78 Å². The van der Waals surface area contributed by atoms with Gasteiger partial charge in [0.15, 0.2) is 17.3 Å². The fourth-order valence-electron chi connectivity index (χ4n) is 1.81. The van der Waals surface area contributed by atoms with E-state index in [1.807, 2.05) is 0 Å². The monoisotopic (exact) mass is 392 g/mol. The van der Waals surface area contributed by atoms with E-state index in [0.29, 0.717) is 0 Å². The van der Waals surface area contributed by atoms with E-state index >= 15 is 0 Å². The average Bonchev–Trinajstić information content (AvgIpc) is 2.70. The van der Waals surface area contributed by atoms with Crippen molar-refractivity contribution in [3.05, 3.63) is 48.1 Å². The van der Waals surface area contributed by atoms with E-state index in [9.17, 15) is 18.4 Å². The maximum absolute atomic E-state index is 14.7. The third-order valence-electron chi connectivity index (χ3n) is 3.00. The molecule has 8 nitrogen and oxygen atoms in total. The first-order valence-electron chi connectivity index (χ1n) is 7.60. The molecule has 0 amide bonds. The van der Waals surface area contributed by atoms with Gasteiger partial charge in [0.05, 0.1) is 0 Å². The fraction of sp³-hybridized carbons (Fsp3) is 0.222. The summed E-state index contributed by atoms with van der Waals surface area (Å²) in [6, 6.07) is 2.81. The van der Waals surface area contributed by atoms with Gasteiger partial charge in [0, 0.05) is 12.2 Å². The average molecular weight is 392 g/mol. The molecule has 0 saturated heterocycles. The number of nitrogens with zero attached hydrogens (tertiary/aromatic N) is 2. The van der Waals surface area contributed by atoms with Crippen LogP contribution < -0.4 is 9.47 Å². The standard InChI is InChI=1S/C18H14F2N2O6/c1-3-13(23)25-5-7-27-17-11(9-21)15(19)12(10-22)18(16(17)20)28-8-6-26-14(24)4-2/h3-4H,1-2,5-8H2. The quantitative estimate of drug-likeness (QED) is 0.337. The van der Waals surface area contributed by atoms with E-state index in [2.05, 4.69) is 22.6 Å². The van der Waals surface area contributed by atoms with E-state index in [4.69, 9.17) is 20.0 Å². The lowest BCUT2D eigenvalue weighted by atomic mass is 10.1.